The zero-order valence-corrected chi connectivity index (χ0v) is 18.2. The van der Waals surface area contributed by atoms with Gasteiger partial charge in [0.25, 0.3) is 5.91 Å². The van der Waals surface area contributed by atoms with Crippen molar-refractivity contribution in [2.45, 2.75) is 18.4 Å². The molecule has 1 N–H and O–H groups in total. The maximum absolute atomic E-state index is 12.6. The average molecular weight is 462 g/mol. The van der Waals surface area contributed by atoms with Gasteiger partial charge in [0.2, 0.25) is 0 Å². The Morgan fingerprint density at radius 2 is 1.71 bits per heavy atom. The summed E-state index contributed by atoms with van der Waals surface area (Å²) >= 11 is 5.96. The second-order valence-corrected chi connectivity index (χ2v) is 9.44. The zero-order valence-electron chi connectivity index (χ0n) is 16.7. The third-order valence-electron chi connectivity index (χ3n) is 4.62. The summed E-state index contributed by atoms with van der Waals surface area (Å²) in [4.78, 5) is 12.6. The molecule has 162 valence electrons. The van der Waals surface area contributed by atoms with E-state index >= 15 is 0 Å². The van der Waals surface area contributed by atoms with Gasteiger partial charge in [-0.3, -0.25) is 4.79 Å². The first-order chi connectivity index (χ1) is 14.8. The van der Waals surface area contributed by atoms with Gasteiger partial charge in [0.15, 0.2) is 16.4 Å². The maximum atomic E-state index is 12.6. The van der Waals surface area contributed by atoms with Crippen LogP contribution in [-0.4, -0.2) is 37.3 Å². The molecule has 10 heteroatoms. The monoisotopic (exact) mass is 461 g/mol. The normalized spacial score (nSPS) is 14.1. The second kappa shape index (κ2) is 8.60. The number of rotatable bonds is 7. The van der Waals surface area contributed by atoms with Gasteiger partial charge >= 0.3 is 0 Å². The number of amides is 1. The van der Waals surface area contributed by atoms with Crippen LogP contribution >= 0.6 is 11.6 Å². The number of nitrogens with one attached hydrogen (secondary N) is 1. The van der Waals surface area contributed by atoms with Crippen molar-refractivity contribution in [2.75, 3.05) is 18.5 Å². The maximum Gasteiger partial charge on any atom is 0.263 e. The molecule has 3 aromatic rings. The summed E-state index contributed by atoms with van der Waals surface area (Å²) in [5, 5.41) is 7.72. The Hall–Kier alpha value is -3.04. The highest BCUT2D eigenvalue weighted by Crippen LogP contribution is 2.33. The predicted molar refractivity (Wildman–Crippen MR) is 117 cm³/mol. The topological polar surface area (TPSA) is 99.5 Å². The molecule has 0 saturated heterocycles. The van der Waals surface area contributed by atoms with Crippen molar-refractivity contribution in [1.82, 2.24) is 9.78 Å². The number of anilines is 1. The van der Waals surface area contributed by atoms with Gasteiger partial charge in [-0.1, -0.05) is 11.6 Å². The molecule has 1 aliphatic rings. The van der Waals surface area contributed by atoms with Crippen LogP contribution in [0.1, 0.15) is 18.2 Å². The van der Waals surface area contributed by atoms with Crippen molar-refractivity contribution >= 4 is 33.2 Å². The quantitative estimate of drug-likeness (QED) is 0.579. The molecule has 1 aliphatic heterocycles. The van der Waals surface area contributed by atoms with Gasteiger partial charge in [-0.15, -0.1) is 0 Å². The first-order valence-corrected chi connectivity index (χ1v) is 11.8. The van der Waals surface area contributed by atoms with Gasteiger partial charge in [0.05, 0.1) is 29.5 Å². The van der Waals surface area contributed by atoms with Gasteiger partial charge in [0, 0.05) is 10.6 Å². The third kappa shape index (κ3) is 4.83. The smallest absolute Gasteiger partial charge is 0.263 e. The Morgan fingerprint density at radius 3 is 2.35 bits per heavy atom. The number of aromatic nitrogens is 2. The minimum Gasteiger partial charge on any atom is -0.494 e. The lowest BCUT2D eigenvalue weighted by Crippen LogP contribution is -2.22. The Bertz CT molecular complexity index is 1210. The van der Waals surface area contributed by atoms with Crippen LogP contribution in [-0.2, 0) is 26.1 Å². The summed E-state index contributed by atoms with van der Waals surface area (Å²) < 4.78 is 36.5. The molecule has 2 aromatic carbocycles. The largest absolute Gasteiger partial charge is 0.494 e. The standard InChI is InChI=1S/C21H20ClN3O5S/c1-2-29-16-7-9-17(10-8-16)30-11-20(26)23-21-18-12-31(27,28)13-19(18)24-25(21)15-5-3-14(22)4-6-15/h3-10H,2,11-13H2,1H3,(H,23,26). The van der Waals surface area contributed by atoms with E-state index in [4.69, 9.17) is 21.1 Å². The van der Waals surface area contributed by atoms with Crippen molar-refractivity contribution in [3.8, 4) is 17.2 Å². The van der Waals surface area contributed by atoms with Crippen molar-refractivity contribution in [3.05, 3.63) is 64.8 Å². The van der Waals surface area contributed by atoms with Crippen molar-refractivity contribution < 1.29 is 22.7 Å². The summed E-state index contributed by atoms with van der Waals surface area (Å²) in [6.45, 7) is 2.21. The number of carbonyl (C=O) groups is 1. The van der Waals surface area contributed by atoms with Crippen LogP contribution in [0.15, 0.2) is 48.5 Å². The Balaban J connectivity index is 1.52. The lowest BCUT2D eigenvalue weighted by atomic mass is 10.2. The second-order valence-electron chi connectivity index (χ2n) is 6.94. The number of carbonyl (C=O) groups excluding carboxylic acids is 1. The van der Waals surface area contributed by atoms with Crippen LogP contribution in [0, 0.1) is 0 Å². The highest BCUT2D eigenvalue weighted by Gasteiger charge is 2.33. The average Bonchev–Trinajstić information content (AvgIpc) is 3.21. The molecule has 0 saturated carbocycles. The van der Waals surface area contributed by atoms with Gasteiger partial charge in [-0.05, 0) is 55.5 Å². The van der Waals surface area contributed by atoms with Crippen LogP contribution in [0.5, 0.6) is 11.5 Å². The molecule has 8 nitrogen and oxygen atoms in total. The first kappa shape index (κ1) is 21.2. The molecule has 0 aliphatic carbocycles. The van der Waals surface area contributed by atoms with Crippen LogP contribution in [0.2, 0.25) is 5.02 Å². The molecule has 4 rings (SSSR count). The molecule has 0 fully saturated rings. The first-order valence-electron chi connectivity index (χ1n) is 9.57. The minimum absolute atomic E-state index is 0.158. The fraction of sp³-hybridized carbons (Fsp3) is 0.238. The van der Waals surface area contributed by atoms with Crippen molar-refractivity contribution in [3.63, 3.8) is 0 Å². The van der Waals surface area contributed by atoms with Gasteiger partial charge in [-0.2, -0.15) is 5.10 Å². The highest BCUT2D eigenvalue weighted by atomic mass is 35.5. The molecule has 0 unspecified atom stereocenters. The predicted octanol–water partition coefficient (Wildman–Crippen LogP) is 3.37. The molecule has 0 atom stereocenters. The van der Waals surface area contributed by atoms with Gasteiger partial charge in [-0.25, -0.2) is 13.1 Å². The van der Waals surface area contributed by atoms with E-state index in [1.807, 2.05) is 6.92 Å². The summed E-state index contributed by atoms with van der Waals surface area (Å²) in [6.07, 6.45) is 0. The summed E-state index contributed by atoms with van der Waals surface area (Å²) in [5.41, 5.74) is 1.57. The molecule has 1 aromatic heterocycles. The molecular formula is C21H20ClN3O5S. The molecule has 0 radical (unpaired) electrons. The Morgan fingerprint density at radius 1 is 1.06 bits per heavy atom. The number of ether oxygens (including phenoxy) is 2. The lowest BCUT2D eigenvalue weighted by molar-refractivity contribution is -0.118. The number of halogens is 1. The van der Waals surface area contributed by atoms with Crippen molar-refractivity contribution in [1.29, 1.82) is 0 Å². The van der Waals surface area contributed by atoms with Crippen LogP contribution < -0.4 is 14.8 Å². The van der Waals surface area contributed by atoms with E-state index in [0.29, 0.717) is 45.9 Å². The fourth-order valence-corrected chi connectivity index (χ4v) is 4.88. The number of hydrogen-bond donors (Lipinski definition) is 1. The van der Waals surface area contributed by atoms with Crippen LogP contribution in [0.3, 0.4) is 0 Å². The summed E-state index contributed by atoms with van der Waals surface area (Å²) in [6, 6.07) is 13.8. The van der Waals surface area contributed by atoms with Crippen molar-refractivity contribution in [2.24, 2.45) is 0 Å². The van der Waals surface area contributed by atoms with E-state index in [9.17, 15) is 13.2 Å². The van der Waals surface area contributed by atoms with E-state index < -0.39 is 15.7 Å². The van der Waals surface area contributed by atoms with Gasteiger partial charge in [0.1, 0.15) is 17.3 Å². The number of fused-ring (bicyclic) bond motifs is 1. The van der Waals surface area contributed by atoms with Crippen LogP contribution in [0.4, 0.5) is 5.82 Å². The molecule has 0 spiro atoms. The van der Waals surface area contributed by atoms with Gasteiger partial charge < -0.3 is 14.8 Å². The fourth-order valence-electron chi connectivity index (χ4n) is 3.26. The number of hydrogen-bond acceptors (Lipinski definition) is 6. The molecule has 31 heavy (non-hydrogen) atoms. The minimum atomic E-state index is -3.28. The molecular weight excluding hydrogens is 442 g/mol. The zero-order chi connectivity index (χ0) is 22.0. The summed E-state index contributed by atoms with van der Waals surface area (Å²) in [7, 11) is -3.28. The van der Waals surface area contributed by atoms with E-state index in [2.05, 4.69) is 10.4 Å². The van der Waals surface area contributed by atoms with E-state index in [1.165, 1.54) is 4.68 Å². The third-order valence-corrected chi connectivity index (χ3v) is 6.32. The number of nitrogens with zero attached hydrogens (tertiary/aromatic N) is 2. The number of benzene rings is 2. The molecule has 2 heterocycles. The van der Waals surface area contributed by atoms with E-state index in [1.54, 1.807) is 48.5 Å². The van der Waals surface area contributed by atoms with E-state index in [0.717, 1.165) is 0 Å². The molecule has 0 bridgehead atoms. The van der Waals surface area contributed by atoms with E-state index in [-0.39, 0.29) is 18.1 Å². The SMILES string of the molecule is CCOc1ccc(OCC(=O)Nc2c3c(nn2-c2ccc(Cl)cc2)CS(=O)(=O)C3)cc1. The number of sulfone groups is 1. The summed E-state index contributed by atoms with van der Waals surface area (Å²) in [5.74, 6) is 0.773. The lowest BCUT2D eigenvalue weighted by Gasteiger charge is -2.12. The Kier molecular flexibility index (Phi) is 5.88. The van der Waals surface area contributed by atoms with Crippen LogP contribution in [0.25, 0.3) is 5.69 Å². The highest BCUT2D eigenvalue weighted by molar-refractivity contribution is 7.90. The molecule has 1 amide bonds. The Labute approximate surface area is 184 Å².